The molecule has 28 heavy (non-hydrogen) atoms. The number of aromatic hydroxyl groups is 1. The van der Waals surface area contributed by atoms with Gasteiger partial charge < -0.3 is 15.2 Å². The summed E-state index contributed by atoms with van der Waals surface area (Å²) in [4.78, 5) is 4.56. The van der Waals surface area contributed by atoms with E-state index in [1.165, 1.54) is 11.8 Å². The van der Waals surface area contributed by atoms with Crippen LogP contribution in [0.15, 0.2) is 48.9 Å². The average Bonchev–Trinajstić information content (AvgIpc) is 2.83. The molecule has 2 heterocycles. The number of fused-ring (bicyclic) bond motifs is 3. The summed E-state index contributed by atoms with van der Waals surface area (Å²) in [5.74, 6) is 1.30. The first-order chi connectivity index (χ1) is 13.5. The molecule has 1 aliphatic heterocycles. The second kappa shape index (κ2) is 8.17. The minimum absolute atomic E-state index is 0.0874. The summed E-state index contributed by atoms with van der Waals surface area (Å²) >= 11 is 11.9. The standard InChI is InChI=1S/C18H13Br3N4O2S/c1-2-28-18-23-17-14(24-25-18)8-5-3-4-6-11(8)22-16(27-17)12-9(19)7-10(20)15(26)13(12)21/h3-7,16,22,26H,2H2,1H3/t16-/m1/s1. The molecule has 6 nitrogen and oxygen atoms in total. The maximum Gasteiger partial charge on any atom is 0.247 e. The topological polar surface area (TPSA) is 80.2 Å². The quantitative estimate of drug-likeness (QED) is 0.355. The van der Waals surface area contributed by atoms with Gasteiger partial charge in [0, 0.05) is 21.3 Å². The fourth-order valence-corrected chi connectivity index (χ4v) is 5.84. The van der Waals surface area contributed by atoms with Crippen LogP contribution in [0, 0.1) is 0 Å². The zero-order valence-corrected chi connectivity index (χ0v) is 20.0. The number of benzene rings is 2. The number of aromatic nitrogens is 3. The third kappa shape index (κ3) is 3.62. The van der Waals surface area contributed by atoms with E-state index in [0.29, 0.717) is 31.2 Å². The molecular formula is C18H13Br3N4O2S. The Morgan fingerprint density at radius 1 is 1.18 bits per heavy atom. The molecule has 4 rings (SSSR count). The van der Waals surface area contributed by atoms with E-state index in [4.69, 9.17) is 4.74 Å². The number of nitrogens with one attached hydrogen (secondary N) is 1. The van der Waals surface area contributed by atoms with E-state index in [9.17, 15) is 5.11 Å². The van der Waals surface area contributed by atoms with Crippen LogP contribution in [-0.2, 0) is 0 Å². The van der Waals surface area contributed by atoms with Gasteiger partial charge in [-0.2, -0.15) is 4.98 Å². The maximum absolute atomic E-state index is 10.4. The predicted octanol–water partition coefficient (Wildman–Crippen LogP) is 6.15. The van der Waals surface area contributed by atoms with Gasteiger partial charge in [-0.1, -0.05) is 52.8 Å². The molecule has 0 unspecified atom stereocenters. The molecule has 0 saturated carbocycles. The molecule has 10 heteroatoms. The average molecular weight is 589 g/mol. The van der Waals surface area contributed by atoms with Crippen LogP contribution in [0.1, 0.15) is 18.7 Å². The van der Waals surface area contributed by atoms with Gasteiger partial charge in [0.2, 0.25) is 17.3 Å². The summed E-state index contributed by atoms with van der Waals surface area (Å²) in [5, 5.41) is 22.9. The van der Waals surface area contributed by atoms with Gasteiger partial charge in [-0.25, -0.2) is 0 Å². The van der Waals surface area contributed by atoms with Gasteiger partial charge in [0.25, 0.3) is 0 Å². The molecule has 1 aromatic heterocycles. The molecule has 0 radical (unpaired) electrons. The van der Waals surface area contributed by atoms with Gasteiger partial charge in [0.05, 0.1) is 8.95 Å². The van der Waals surface area contributed by atoms with Crippen LogP contribution in [0.2, 0.25) is 0 Å². The summed E-state index contributed by atoms with van der Waals surface area (Å²) in [6.07, 6.45) is -0.624. The summed E-state index contributed by atoms with van der Waals surface area (Å²) in [6, 6.07) is 9.52. The molecule has 0 bridgehead atoms. The summed E-state index contributed by atoms with van der Waals surface area (Å²) in [7, 11) is 0. The summed E-state index contributed by atoms with van der Waals surface area (Å²) in [6.45, 7) is 2.03. The van der Waals surface area contributed by atoms with Crippen LogP contribution in [0.3, 0.4) is 0 Å². The zero-order chi connectivity index (χ0) is 19.8. The van der Waals surface area contributed by atoms with Gasteiger partial charge in [0.15, 0.2) is 5.69 Å². The fraction of sp³-hybridized carbons (Fsp3) is 0.167. The second-order valence-corrected chi connectivity index (χ2v) is 9.52. The molecule has 0 amide bonds. The molecular weight excluding hydrogens is 576 g/mol. The van der Waals surface area contributed by atoms with Crippen molar-refractivity contribution >= 4 is 65.2 Å². The smallest absolute Gasteiger partial charge is 0.247 e. The Balaban J connectivity index is 1.89. The van der Waals surface area contributed by atoms with Gasteiger partial charge >= 0.3 is 0 Å². The Kier molecular flexibility index (Phi) is 5.82. The third-order valence-corrected chi connectivity index (χ3v) is 6.83. The minimum Gasteiger partial charge on any atom is -0.506 e. The molecule has 2 N–H and O–H groups in total. The van der Waals surface area contributed by atoms with Crippen LogP contribution in [-0.4, -0.2) is 26.0 Å². The van der Waals surface area contributed by atoms with E-state index >= 15 is 0 Å². The highest BCUT2D eigenvalue weighted by atomic mass is 79.9. The van der Waals surface area contributed by atoms with Crippen molar-refractivity contribution in [3.05, 3.63) is 49.3 Å². The number of phenolic OH excluding ortho intramolecular Hbond substituents is 1. The van der Waals surface area contributed by atoms with Crippen LogP contribution in [0.4, 0.5) is 5.69 Å². The van der Waals surface area contributed by atoms with Crippen LogP contribution >= 0.6 is 59.6 Å². The van der Waals surface area contributed by atoms with Crippen molar-refractivity contribution in [3.63, 3.8) is 0 Å². The molecule has 144 valence electrons. The SMILES string of the molecule is CCSc1nnc2c(n1)O[C@H](c1c(Br)cc(Br)c(O)c1Br)Nc1ccccc1-2. The normalized spacial score (nSPS) is 15.1. The number of para-hydroxylation sites is 1. The third-order valence-electron chi connectivity index (χ3n) is 4.05. The van der Waals surface area contributed by atoms with E-state index < -0.39 is 6.23 Å². The van der Waals surface area contributed by atoms with E-state index in [1.807, 2.05) is 31.2 Å². The number of hydrogen-bond donors (Lipinski definition) is 2. The molecule has 0 spiro atoms. The van der Waals surface area contributed by atoms with Crippen molar-refractivity contribution in [2.75, 3.05) is 11.1 Å². The van der Waals surface area contributed by atoms with Crippen LogP contribution in [0.5, 0.6) is 11.6 Å². The lowest BCUT2D eigenvalue weighted by atomic mass is 10.1. The van der Waals surface area contributed by atoms with Gasteiger partial charge in [0.1, 0.15) is 5.75 Å². The number of thioether (sulfide) groups is 1. The van der Waals surface area contributed by atoms with E-state index in [1.54, 1.807) is 6.07 Å². The lowest BCUT2D eigenvalue weighted by molar-refractivity contribution is 0.223. The van der Waals surface area contributed by atoms with Crippen molar-refractivity contribution in [2.45, 2.75) is 18.3 Å². The number of rotatable bonds is 3. The minimum atomic E-state index is -0.624. The zero-order valence-electron chi connectivity index (χ0n) is 14.4. The Bertz CT molecular complexity index is 1070. The van der Waals surface area contributed by atoms with Crippen LogP contribution in [0.25, 0.3) is 11.3 Å². The summed E-state index contributed by atoms with van der Waals surface area (Å²) in [5.41, 5.74) is 2.95. The number of anilines is 1. The predicted molar refractivity (Wildman–Crippen MR) is 120 cm³/mol. The molecule has 2 aromatic carbocycles. The molecule has 1 aliphatic rings. The Morgan fingerprint density at radius 2 is 1.96 bits per heavy atom. The van der Waals surface area contributed by atoms with E-state index in [2.05, 4.69) is 68.3 Å². The lowest BCUT2D eigenvalue weighted by Gasteiger charge is -2.22. The Morgan fingerprint density at radius 3 is 2.75 bits per heavy atom. The number of hydrogen-bond acceptors (Lipinski definition) is 7. The van der Waals surface area contributed by atoms with Crippen molar-refractivity contribution in [1.82, 2.24) is 15.2 Å². The first kappa shape index (κ1) is 19.9. The Hall–Kier alpha value is -1.36. The lowest BCUT2D eigenvalue weighted by Crippen LogP contribution is -2.18. The van der Waals surface area contributed by atoms with Gasteiger partial charge in [-0.15, -0.1) is 10.2 Å². The highest BCUT2D eigenvalue weighted by Crippen LogP contribution is 2.46. The van der Waals surface area contributed by atoms with E-state index in [-0.39, 0.29) is 5.75 Å². The molecule has 1 atom stereocenters. The fourth-order valence-electron chi connectivity index (χ4n) is 2.80. The highest BCUT2D eigenvalue weighted by molar-refractivity contribution is 9.11. The number of ether oxygens (including phenoxy) is 1. The van der Waals surface area contributed by atoms with Gasteiger partial charge in [-0.3, -0.25) is 0 Å². The number of halogens is 3. The molecule has 0 saturated heterocycles. The van der Waals surface area contributed by atoms with Crippen molar-refractivity contribution in [3.8, 4) is 22.9 Å². The second-order valence-electron chi connectivity index (χ2n) is 5.79. The van der Waals surface area contributed by atoms with Crippen molar-refractivity contribution in [2.24, 2.45) is 0 Å². The number of phenols is 1. The highest BCUT2D eigenvalue weighted by Gasteiger charge is 2.30. The number of nitrogens with zero attached hydrogens (tertiary/aromatic N) is 3. The largest absolute Gasteiger partial charge is 0.506 e. The molecule has 0 fully saturated rings. The van der Waals surface area contributed by atoms with Crippen LogP contribution < -0.4 is 10.1 Å². The molecule has 3 aromatic rings. The summed E-state index contributed by atoms with van der Waals surface area (Å²) < 4.78 is 8.08. The van der Waals surface area contributed by atoms with Crippen molar-refractivity contribution < 1.29 is 9.84 Å². The Labute approximate surface area is 190 Å². The van der Waals surface area contributed by atoms with Crippen molar-refractivity contribution in [1.29, 1.82) is 0 Å². The molecule has 0 aliphatic carbocycles. The first-order valence-electron chi connectivity index (χ1n) is 8.26. The van der Waals surface area contributed by atoms with E-state index in [0.717, 1.165) is 21.5 Å². The van der Waals surface area contributed by atoms with Gasteiger partial charge in [-0.05, 0) is 49.7 Å². The monoisotopic (exact) mass is 586 g/mol. The first-order valence-corrected chi connectivity index (χ1v) is 11.6. The maximum atomic E-state index is 10.4.